The van der Waals surface area contributed by atoms with Gasteiger partial charge in [0.05, 0.1) is 17.3 Å². The second kappa shape index (κ2) is 5.98. The molecule has 140 valence electrons. The molecule has 0 aliphatic carbocycles. The lowest BCUT2D eigenvalue weighted by molar-refractivity contribution is 0.435. The lowest BCUT2D eigenvalue weighted by atomic mass is 9.92. The standard InChI is InChI=1S/C17H18FN7OS/c18-12-1-9(10-3-21-22-4-10)2-13(26)14(12)15-23-24-16(27-15)25-6-11-5-20-7-17(11,19)8-25/h1-4,11,20,26H,5-8,19H2,(H,21,22)/t11-,17-/m1/s1. The van der Waals surface area contributed by atoms with Crippen molar-refractivity contribution in [2.24, 2.45) is 11.7 Å². The Morgan fingerprint density at radius 2 is 2.22 bits per heavy atom. The second-order valence-corrected chi connectivity index (χ2v) is 8.13. The predicted octanol–water partition coefficient (Wildman–Crippen LogP) is 1.18. The zero-order valence-corrected chi connectivity index (χ0v) is 15.1. The first kappa shape index (κ1) is 16.6. The Morgan fingerprint density at radius 3 is 2.96 bits per heavy atom. The van der Waals surface area contributed by atoms with E-state index in [-0.39, 0.29) is 16.9 Å². The third-order valence-corrected chi connectivity index (χ3v) is 6.39. The van der Waals surface area contributed by atoms with Crippen LogP contribution in [-0.4, -0.2) is 57.2 Å². The van der Waals surface area contributed by atoms with Gasteiger partial charge in [0.15, 0.2) is 5.01 Å². The number of aromatic nitrogens is 4. The molecular weight excluding hydrogens is 369 g/mol. The maximum Gasteiger partial charge on any atom is 0.208 e. The summed E-state index contributed by atoms with van der Waals surface area (Å²) in [5.41, 5.74) is 7.50. The quantitative estimate of drug-likeness (QED) is 0.533. The van der Waals surface area contributed by atoms with Crippen molar-refractivity contribution in [2.75, 3.05) is 31.1 Å². The van der Waals surface area contributed by atoms with Gasteiger partial charge in [0.1, 0.15) is 11.6 Å². The largest absolute Gasteiger partial charge is 0.507 e. The van der Waals surface area contributed by atoms with Crippen molar-refractivity contribution < 1.29 is 9.50 Å². The van der Waals surface area contributed by atoms with Gasteiger partial charge in [-0.1, -0.05) is 11.3 Å². The number of aromatic amines is 1. The fourth-order valence-corrected chi connectivity index (χ4v) is 4.82. The van der Waals surface area contributed by atoms with E-state index in [0.717, 1.165) is 19.6 Å². The smallest absolute Gasteiger partial charge is 0.208 e. The molecule has 5 rings (SSSR count). The summed E-state index contributed by atoms with van der Waals surface area (Å²) in [4.78, 5) is 2.10. The number of aromatic hydroxyl groups is 1. The van der Waals surface area contributed by atoms with Gasteiger partial charge >= 0.3 is 0 Å². The van der Waals surface area contributed by atoms with E-state index < -0.39 is 5.82 Å². The Labute approximate surface area is 158 Å². The third-order valence-electron chi connectivity index (χ3n) is 5.38. The molecule has 2 atom stereocenters. The number of rotatable bonds is 3. The number of hydrogen-bond donors (Lipinski definition) is 4. The van der Waals surface area contributed by atoms with Gasteiger partial charge in [-0.15, -0.1) is 10.2 Å². The van der Waals surface area contributed by atoms with Crippen LogP contribution in [0.15, 0.2) is 24.5 Å². The minimum Gasteiger partial charge on any atom is -0.507 e. The van der Waals surface area contributed by atoms with E-state index in [0.29, 0.717) is 33.7 Å². The van der Waals surface area contributed by atoms with Gasteiger partial charge in [0.25, 0.3) is 0 Å². The zero-order valence-electron chi connectivity index (χ0n) is 14.3. The van der Waals surface area contributed by atoms with Crippen LogP contribution in [-0.2, 0) is 0 Å². The van der Waals surface area contributed by atoms with Crippen LogP contribution in [0.5, 0.6) is 5.75 Å². The number of phenols is 1. The Kier molecular flexibility index (Phi) is 3.67. The summed E-state index contributed by atoms with van der Waals surface area (Å²) in [6.07, 6.45) is 3.21. The number of phenolic OH excluding ortho intramolecular Hbond substituents is 1. The number of benzene rings is 1. The van der Waals surface area contributed by atoms with Crippen molar-refractivity contribution in [3.63, 3.8) is 0 Å². The van der Waals surface area contributed by atoms with Crippen LogP contribution in [0.4, 0.5) is 9.52 Å². The molecular formula is C17H18FN7OS. The van der Waals surface area contributed by atoms with Crippen LogP contribution in [0.2, 0.25) is 0 Å². The number of H-pyrrole nitrogens is 1. The summed E-state index contributed by atoms with van der Waals surface area (Å²) in [7, 11) is 0. The van der Waals surface area contributed by atoms with Crippen LogP contribution < -0.4 is 16.0 Å². The SMILES string of the molecule is N[C@@]12CNC[C@@H]1CN(c1nnc(-c3c(O)cc(-c4cn[nH]c4)cc3F)s1)C2. The summed E-state index contributed by atoms with van der Waals surface area (Å²) in [5.74, 6) is -0.359. The monoisotopic (exact) mass is 387 g/mol. The molecule has 2 aromatic heterocycles. The molecule has 4 heterocycles. The van der Waals surface area contributed by atoms with Crippen LogP contribution in [0.1, 0.15) is 0 Å². The Bertz CT molecular complexity index is 968. The van der Waals surface area contributed by atoms with Crippen LogP contribution in [0.3, 0.4) is 0 Å². The number of halogens is 1. The van der Waals surface area contributed by atoms with Gasteiger partial charge in [0.2, 0.25) is 5.13 Å². The highest BCUT2D eigenvalue weighted by atomic mass is 32.1. The van der Waals surface area contributed by atoms with Crippen molar-refractivity contribution in [2.45, 2.75) is 5.54 Å². The topological polar surface area (TPSA) is 116 Å². The molecule has 0 saturated carbocycles. The van der Waals surface area contributed by atoms with Crippen molar-refractivity contribution in [3.8, 4) is 27.4 Å². The fourth-order valence-electron chi connectivity index (χ4n) is 3.91. The maximum atomic E-state index is 14.7. The molecule has 2 saturated heterocycles. The molecule has 1 aromatic carbocycles. The van der Waals surface area contributed by atoms with Crippen molar-refractivity contribution in [3.05, 3.63) is 30.3 Å². The van der Waals surface area contributed by atoms with Crippen molar-refractivity contribution in [1.29, 1.82) is 0 Å². The second-order valence-electron chi connectivity index (χ2n) is 7.17. The van der Waals surface area contributed by atoms with Crippen molar-refractivity contribution in [1.82, 2.24) is 25.7 Å². The molecule has 0 bridgehead atoms. The summed E-state index contributed by atoms with van der Waals surface area (Å²) < 4.78 is 14.7. The Morgan fingerprint density at radius 1 is 1.33 bits per heavy atom. The van der Waals surface area contributed by atoms with E-state index in [2.05, 4.69) is 30.6 Å². The molecule has 8 nitrogen and oxygen atoms in total. The summed E-state index contributed by atoms with van der Waals surface area (Å²) >= 11 is 1.26. The molecule has 5 N–H and O–H groups in total. The summed E-state index contributed by atoms with van der Waals surface area (Å²) in [6.45, 7) is 3.16. The van der Waals surface area contributed by atoms with E-state index in [1.807, 2.05) is 0 Å². The first-order valence-corrected chi connectivity index (χ1v) is 9.45. The first-order valence-electron chi connectivity index (χ1n) is 8.63. The first-order chi connectivity index (χ1) is 13.0. The number of nitrogens with one attached hydrogen (secondary N) is 2. The van der Waals surface area contributed by atoms with Crippen LogP contribution >= 0.6 is 11.3 Å². The van der Waals surface area contributed by atoms with Gasteiger partial charge < -0.3 is 21.1 Å². The molecule has 0 unspecified atom stereocenters. The van der Waals surface area contributed by atoms with E-state index >= 15 is 0 Å². The summed E-state index contributed by atoms with van der Waals surface area (Å²) in [5, 5.41) is 29.6. The van der Waals surface area contributed by atoms with Gasteiger partial charge in [-0.2, -0.15) is 5.10 Å². The highest BCUT2D eigenvalue weighted by Crippen LogP contribution is 2.40. The molecule has 3 aromatic rings. The number of anilines is 1. The molecule has 2 fully saturated rings. The number of nitrogens with zero attached hydrogens (tertiary/aromatic N) is 4. The average Bonchev–Trinajstić information content (AvgIpc) is 3.37. The molecule has 10 heteroatoms. The van der Waals surface area contributed by atoms with Crippen molar-refractivity contribution >= 4 is 16.5 Å². The lowest BCUT2D eigenvalue weighted by Gasteiger charge is -2.21. The highest BCUT2D eigenvalue weighted by molar-refractivity contribution is 7.18. The Balaban J connectivity index is 1.45. The van der Waals surface area contributed by atoms with E-state index in [4.69, 9.17) is 5.73 Å². The normalized spacial score (nSPS) is 24.5. The number of nitrogens with two attached hydrogens (primary N) is 1. The minimum absolute atomic E-state index is 0.0644. The number of fused-ring (bicyclic) bond motifs is 1. The van der Waals surface area contributed by atoms with Crippen LogP contribution in [0, 0.1) is 11.7 Å². The third kappa shape index (κ3) is 2.68. The number of hydrogen-bond acceptors (Lipinski definition) is 8. The summed E-state index contributed by atoms with van der Waals surface area (Å²) in [6, 6.07) is 2.87. The molecule has 0 radical (unpaired) electrons. The van der Waals surface area contributed by atoms with Gasteiger partial charge in [-0.3, -0.25) is 5.10 Å². The molecule has 2 aliphatic heterocycles. The van der Waals surface area contributed by atoms with Crippen LogP contribution in [0.25, 0.3) is 21.7 Å². The van der Waals surface area contributed by atoms with Gasteiger partial charge in [-0.05, 0) is 17.7 Å². The zero-order chi connectivity index (χ0) is 18.6. The molecule has 0 amide bonds. The molecule has 2 aliphatic rings. The average molecular weight is 387 g/mol. The van der Waals surface area contributed by atoms with Gasteiger partial charge in [-0.25, -0.2) is 4.39 Å². The predicted molar refractivity (Wildman–Crippen MR) is 100 cm³/mol. The molecule has 27 heavy (non-hydrogen) atoms. The molecule has 0 spiro atoms. The fraction of sp³-hybridized carbons (Fsp3) is 0.353. The van der Waals surface area contributed by atoms with E-state index in [1.165, 1.54) is 23.5 Å². The minimum atomic E-state index is -0.549. The highest BCUT2D eigenvalue weighted by Gasteiger charge is 2.47. The van der Waals surface area contributed by atoms with E-state index in [9.17, 15) is 9.50 Å². The lowest BCUT2D eigenvalue weighted by Crippen LogP contribution is -2.48. The Hall–Kier alpha value is -2.56. The van der Waals surface area contributed by atoms with Gasteiger partial charge in [0, 0.05) is 43.9 Å². The maximum absolute atomic E-state index is 14.7. The van der Waals surface area contributed by atoms with E-state index in [1.54, 1.807) is 12.4 Å².